The minimum Gasteiger partial charge on any atom is -0.872 e. The molecule has 0 aromatic heterocycles. The number of benzene rings is 2. The van der Waals surface area contributed by atoms with E-state index in [0.717, 1.165) is 4.47 Å². The van der Waals surface area contributed by atoms with Crippen molar-refractivity contribution in [2.45, 2.75) is 0 Å². The van der Waals surface area contributed by atoms with Crippen molar-refractivity contribution in [1.82, 2.24) is 0 Å². The van der Waals surface area contributed by atoms with E-state index in [9.17, 15) is 9.90 Å². The number of halogens is 1. The number of carboxylic acids is 1. The van der Waals surface area contributed by atoms with Gasteiger partial charge >= 0.3 is 5.97 Å². The summed E-state index contributed by atoms with van der Waals surface area (Å²) in [4.78, 5) is 14.8. The van der Waals surface area contributed by atoms with Crippen LogP contribution in [0.5, 0.6) is 5.75 Å². The van der Waals surface area contributed by atoms with Crippen molar-refractivity contribution in [2.75, 3.05) is 0 Å². The van der Waals surface area contributed by atoms with Crippen LogP contribution in [0, 0.1) is 0 Å². The molecule has 0 saturated carbocycles. The number of carbonyl (C=O) groups is 1. The second-order valence-corrected chi connectivity index (χ2v) is 4.71. The van der Waals surface area contributed by atoms with Crippen molar-refractivity contribution in [3.63, 3.8) is 0 Å². The van der Waals surface area contributed by atoms with Crippen LogP contribution >= 0.6 is 15.9 Å². The Kier molecular flexibility index (Phi) is 3.97. The van der Waals surface area contributed by atoms with Crippen LogP contribution in [0.4, 0.5) is 5.69 Å². The molecule has 0 fully saturated rings. The Morgan fingerprint density at radius 2 is 1.89 bits per heavy atom. The molecular weight excluding hydrogens is 310 g/mol. The molecule has 1 N–H and O–H groups in total. The van der Waals surface area contributed by atoms with E-state index in [1.165, 1.54) is 24.4 Å². The Balaban J connectivity index is 2.22. The number of aromatic carboxylic acids is 1. The maximum atomic E-state index is 11.5. The smallest absolute Gasteiger partial charge is 0.335 e. The fourth-order valence-corrected chi connectivity index (χ4v) is 1.83. The van der Waals surface area contributed by atoms with Crippen LogP contribution in [-0.2, 0) is 0 Å². The molecule has 0 amide bonds. The normalized spacial score (nSPS) is 10.8. The first kappa shape index (κ1) is 13.3. The molecule has 96 valence electrons. The second-order valence-electron chi connectivity index (χ2n) is 3.79. The van der Waals surface area contributed by atoms with Crippen molar-refractivity contribution in [1.29, 1.82) is 0 Å². The summed E-state index contributed by atoms with van der Waals surface area (Å²) in [7, 11) is 0. The molecule has 2 aromatic carbocycles. The largest absolute Gasteiger partial charge is 0.872 e. The molecule has 0 aliphatic rings. The molecule has 0 spiro atoms. The van der Waals surface area contributed by atoms with E-state index in [1.54, 1.807) is 24.3 Å². The van der Waals surface area contributed by atoms with E-state index >= 15 is 0 Å². The number of hydrogen-bond acceptors (Lipinski definition) is 3. The first-order valence-electron chi connectivity index (χ1n) is 5.40. The van der Waals surface area contributed by atoms with Crippen LogP contribution in [0.2, 0.25) is 0 Å². The number of hydrogen-bond donors (Lipinski definition) is 1. The van der Waals surface area contributed by atoms with Gasteiger partial charge in [0.15, 0.2) is 0 Å². The van der Waals surface area contributed by atoms with Crippen LogP contribution in [0.1, 0.15) is 15.9 Å². The molecule has 0 radical (unpaired) electrons. The lowest BCUT2D eigenvalue weighted by Crippen LogP contribution is -1.96. The van der Waals surface area contributed by atoms with Gasteiger partial charge in [0.1, 0.15) is 0 Å². The fourth-order valence-electron chi connectivity index (χ4n) is 1.45. The van der Waals surface area contributed by atoms with Crippen molar-refractivity contribution in [2.24, 2.45) is 4.99 Å². The number of nitrogens with zero attached hydrogens (tertiary/aromatic N) is 1. The predicted molar refractivity (Wildman–Crippen MR) is 74.2 cm³/mol. The second kappa shape index (κ2) is 5.67. The van der Waals surface area contributed by atoms with Crippen LogP contribution in [0.25, 0.3) is 0 Å². The van der Waals surface area contributed by atoms with Gasteiger partial charge in [-0.1, -0.05) is 27.7 Å². The van der Waals surface area contributed by atoms with Gasteiger partial charge in [-0.2, -0.15) is 0 Å². The third-order valence-corrected chi connectivity index (χ3v) is 2.93. The quantitative estimate of drug-likeness (QED) is 0.884. The van der Waals surface area contributed by atoms with E-state index in [-0.39, 0.29) is 11.3 Å². The molecular formula is C14H9BrNO3-. The van der Waals surface area contributed by atoms with Crippen LogP contribution < -0.4 is 5.11 Å². The maximum Gasteiger partial charge on any atom is 0.335 e. The van der Waals surface area contributed by atoms with Crippen molar-refractivity contribution >= 4 is 33.8 Å². The monoisotopic (exact) mass is 318 g/mol. The number of rotatable bonds is 3. The van der Waals surface area contributed by atoms with Crippen molar-refractivity contribution < 1.29 is 15.0 Å². The Morgan fingerprint density at radius 3 is 2.53 bits per heavy atom. The first-order valence-corrected chi connectivity index (χ1v) is 6.19. The Bertz CT molecular complexity index is 636. The number of carboxylic acid groups (broad SMARTS) is 1. The molecule has 0 heterocycles. The predicted octanol–water partition coefficient (Wildman–Crippen LogP) is 2.97. The Hall–Kier alpha value is -2.14. The Morgan fingerprint density at radius 1 is 1.21 bits per heavy atom. The molecule has 2 aromatic rings. The average Bonchev–Trinajstić information content (AvgIpc) is 2.40. The van der Waals surface area contributed by atoms with Gasteiger partial charge in [-0.25, -0.2) is 4.79 Å². The zero-order chi connectivity index (χ0) is 13.8. The molecule has 5 heteroatoms. The highest BCUT2D eigenvalue weighted by atomic mass is 79.9. The van der Waals surface area contributed by atoms with E-state index in [2.05, 4.69) is 20.9 Å². The highest BCUT2D eigenvalue weighted by molar-refractivity contribution is 9.10. The van der Waals surface area contributed by atoms with Gasteiger partial charge in [-0.15, -0.1) is 0 Å². The van der Waals surface area contributed by atoms with Gasteiger partial charge in [-0.3, -0.25) is 4.99 Å². The zero-order valence-corrected chi connectivity index (χ0v) is 11.3. The van der Waals surface area contributed by atoms with Crippen LogP contribution in [0.15, 0.2) is 51.9 Å². The highest BCUT2D eigenvalue weighted by Crippen LogP contribution is 2.19. The van der Waals surface area contributed by atoms with Crippen molar-refractivity contribution in [3.8, 4) is 5.75 Å². The van der Waals surface area contributed by atoms with Gasteiger partial charge < -0.3 is 10.2 Å². The molecule has 0 bridgehead atoms. The summed E-state index contributed by atoms with van der Waals surface area (Å²) in [5, 5.41) is 20.3. The van der Waals surface area contributed by atoms with Crippen molar-refractivity contribution in [3.05, 3.63) is 58.1 Å². The van der Waals surface area contributed by atoms with Gasteiger partial charge in [-0.05, 0) is 42.0 Å². The lowest BCUT2D eigenvalue weighted by Gasteiger charge is -2.09. The van der Waals surface area contributed by atoms with Gasteiger partial charge in [0.2, 0.25) is 0 Å². The third-order valence-electron chi connectivity index (χ3n) is 2.44. The summed E-state index contributed by atoms with van der Waals surface area (Å²) in [5.74, 6) is -1.10. The summed E-state index contributed by atoms with van der Waals surface area (Å²) in [5.41, 5.74) is 1.26. The molecule has 0 atom stereocenters. The van der Waals surface area contributed by atoms with E-state index in [1.807, 2.05) is 0 Å². The summed E-state index contributed by atoms with van der Waals surface area (Å²) in [6, 6.07) is 10.9. The topological polar surface area (TPSA) is 72.7 Å². The van der Waals surface area contributed by atoms with Gasteiger partial charge in [0.25, 0.3) is 0 Å². The molecule has 0 unspecified atom stereocenters. The first-order chi connectivity index (χ1) is 9.06. The third kappa shape index (κ3) is 3.42. The molecule has 4 nitrogen and oxygen atoms in total. The fraction of sp³-hybridized carbons (Fsp3) is 0. The standard InChI is InChI=1S/C14H10BrNO3/c15-11-3-6-13(17)10(7-11)8-16-12-4-1-9(2-5-12)14(18)19/h1-8,17H,(H,18,19)/p-1. The van der Waals surface area contributed by atoms with Crippen LogP contribution in [-0.4, -0.2) is 17.3 Å². The van der Waals surface area contributed by atoms with Gasteiger partial charge in [0.05, 0.1) is 11.3 Å². The molecule has 2 rings (SSSR count). The molecule has 0 saturated heterocycles. The number of aliphatic imine (C=N–C) groups is 1. The molecule has 0 aliphatic heterocycles. The zero-order valence-electron chi connectivity index (χ0n) is 9.71. The van der Waals surface area contributed by atoms with E-state index in [0.29, 0.717) is 11.3 Å². The van der Waals surface area contributed by atoms with E-state index in [4.69, 9.17) is 5.11 Å². The minimum absolute atomic E-state index is 0.117. The lowest BCUT2D eigenvalue weighted by atomic mass is 10.2. The maximum absolute atomic E-state index is 11.5. The molecule has 0 aliphatic carbocycles. The SMILES string of the molecule is O=C(O)c1ccc(N=Cc2cc(Br)ccc2[O-])cc1. The minimum atomic E-state index is -0.982. The van der Waals surface area contributed by atoms with E-state index < -0.39 is 5.97 Å². The Labute approximate surface area is 118 Å². The average molecular weight is 319 g/mol. The summed E-state index contributed by atoms with van der Waals surface area (Å²) < 4.78 is 0.801. The molecule has 19 heavy (non-hydrogen) atoms. The lowest BCUT2D eigenvalue weighted by molar-refractivity contribution is -0.268. The van der Waals surface area contributed by atoms with Crippen LogP contribution in [0.3, 0.4) is 0 Å². The van der Waals surface area contributed by atoms with Gasteiger partial charge in [0, 0.05) is 10.7 Å². The summed E-state index contributed by atoms with van der Waals surface area (Å²) >= 11 is 3.28. The summed E-state index contributed by atoms with van der Waals surface area (Å²) in [6.07, 6.45) is 1.46. The summed E-state index contributed by atoms with van der Waals surface area (Å²) in [6.45, 7) is 0. The highest BCUT2D eigenvalue weighted by Gasteiger charge is 2.00.